The van der Waals surface area contributed by atoms with E-state index in [2.05, 4.69) is 20.1 Å². The van der Waals surface area contributed by atoms with Crippen LogP contribution >= 0.6 is 23.4 Å². The fourth-order valence-electron chi connectivity index (χ4n) is 2.22. The van der Waals surface area contributed by atoms with E-state index in [0.29, 0.717) is 11.7 Å². The van der Waals surface area contributed by atoms with Gasteiger partial charge in [-0.1, -0.05) is 23.4 Å². The van der Waals surface area contributed by atoms with Crippen molar-refractivity contribution in [2.24, 2.45) is 0 Å². The van der Waals surface area contributed by atoms with Gasteiger partial charge in [-0.25, -0.2) is 4.39 Å². The van der Waals surface area contributed by atoms with Crippen LogP contribution in [0.2, 0.25) is 5.02 Å². The Morgan fingerprint density at radius 2 is 2.22 bits per heavy atom. The monoisotopic (exact) mass is 354 g/mol. The van der Waals surface area contributed by atoms with Gasteiger partial charge in [0.1, 0.15) is 11.6 Å². The first-order valence-electron chi connectivity index (χ1n) is 7.30. The molecule has 1 aliphatic rings. The van der Waals surface area contributed by atoms with Crippen LogP contribution in [-0.4, -0.2) is 25.9 Å². The fraction of sp³-hybridized carbons (Fsp3) is 0.400. The number of benzene rings is 1. The number of nitrogens with one attached hydrogen (secondary N) is 1. The first-order chi connectivity index (χ1) is 11.0. The van der Waals surface area contributed by atoms with Crippen LogP contribution in [0.15, 0.2) is 23.4 Å². The summed E-state index contributed by atoms with van der Waals surface area (Å²) in [6.07, 6.45) is 2.25. The lowest BCUT2D eigenvalue weighted by atomic mass is 10.3. The summed E-state index contributed by atoms with van der Waals surface area (Å²) in [6.45, 7) is 3.71. The number of rotatable bonds is 5. The van der Waals surface area contributed by atoms with Crippen molar-refractivity contribution >= 4 is 35.0 Å². The Morgan fingerprint density at radius 1 is 1.48 bits per heavy atom. The standard InChI is InChI=1S/C15H16ClFN4OS/c1-8(14(22)18-13-6-3-10(17)7-12(13)16)23-15-20-19-9(2)21(15)11-4-5-11/h3,6-8,11H,4-5H2,1-2H3,(H,18,22)/t8-/m0/s1. The summed E-state index contributed by atoms with van der Waals surface area (Å²) in [6, 6.07) is 4.33. The van der Waals surface area contributed by atoms with Gasteiger partial charge in [0.25, 0.3) is 0 Å². The predicted molar refractivity (Wildman–Crippen MR) is 88.4 cm³/mol. The Balaban J connectivity index is 1.68. The van der Waals surface area contributed by atoms with Crippen molar-refractivity contribution in [2.45, 2.75) is 43.1 Å². The van der Waals surface area contributed by atoms with Gasteiger partial charge in [-0.05, 0) is 44.9 Å². The Morgan fingerprint density at radius 3 is 2.87 bits per heavy atom. The van der Waals surface area contributed by atoms with Gasteiger partial charge in [0.15, 0.2) is 5.16 Å². The average molecular weight is 355 g/mol. The lowest BCUT2D eigenvalue weighted by Gasteiger charge is -2.13. The second-order valence-electron chi connectivity index (χ2n) is 5.50. The zero-order valence-electron chi connectivity index (χ0n) is 12.7. The Bertz CT molecular complexity index is 747. The molecule has 1 aliphatic carbocycles. The number of aromatic nitrogens is 3. The molecule has 0 aliphatic heterocycles. The van der Waals surface area contributed by atoms with E-state index in [0.717, 1.165) is 23.8 Å². The minimum atomic E-state index is -0.441. The van der Waals surface area contributed by atoms with Crippen molar-refractivity contribution < 1.29 is 9.18 Å². The molecule has 3 rings (SSSR count). The van der Waals surface area contributed by atoms with E-state index in [1.54, 1.807) is 6.92 Å². The summed E-state index contributed by atoms with van der Waals surface area (Å²) in [5.41, 5.74) is 0.394. The minimum absolute atomic E-state index is 0.174. The Labute approximate surface area is 142 Å². The molecule has 1 N–H and O–H groups in total. The van der Waals surface area contributed by atoms with Crippen molar-refractivity contribution in [3.05, 3.63) is 34.9 Å². The molecular weight excluding hydrogens is 339 g/mol. The third kappa shape index (κ3) is 3.67. The van der Waals surface area contributed by atoms with E-state index < -0.39 is 5.82 Å². The van der Waals surface area contributed by atoms with Crippen molar-refractivity contribution in [3.8, 4) is 0 Å². The molecule has 1 heterocycles. The number of thioether (sulfide) groups is 1. The van der Waals surface area contributed by atoms with Gasteiger partial charge in [-0.2, -0.15) is 0 Å². The number of hydrogen-bond acceptors (Lipinski definition) is 4. The molecule has 1 aromatic carbocycles. The number of carbonyl (C=O) groups excluding carboxylic acids is 1. The summed E-state index contributed by atoms with van der Waals surface area (Å²) in [5.74, 6) is 0.208. The highest BCUT2D eigenvalue weighted by atomic mass is 35.5. The third-order valence-electron chi connectivity index (χ3n) is 3.59. The molecule has 1 fully saturated rings. The summed E-state index contributed by atoms with van der Waals surface area (Å²) in [5, 5.41) is 11.5. The van der Waals surface area contributed by atoms with E-state index in [1.165, 1.54) is 30.0 Å². The van der Waals surface area contributed by atoms with Crippen LogP contribution in [0, 0.1) is 12.7 Å². The summed E-state index contributed by atoms with van der Waals surface area (Å²) in [7, 11) is 0. The quantitative estimate of drug-likeness (QED) is 0.829. The Hall–Kier alpha value is -1.60. The molecule has 1 amide bonds. The number of hydrogen-bond donors (Lipinski definition) is 1. The van der Waals surface area contributed by atoms with Gasteiger partial charge in [0.05, 0.1) is 16.0 Å². The molecule has 2 aromatic rings. The molecule has 0 spiro atoms. The summed E-state index contributed by atoms with van der Waals surface area (Å²) >= 11 is 7.28. The second kappa shape index (κ2) is 6.49. The molecule has 1 atom stereocenters. The molecule has 1 saturated carbocycles. The maximum absolute atomic E-state index is 13.0. The van der Waals surface area contributed by atoms with Crippen LogP contribution in [-0.2, 0) is 4.79 Å². The van der Waals surface area contributed by atoms with Crippen LogP contribution in [0.4, 0.5) is 10.1 Å². The van der Waals surface area contributed by atoms with E-state index in [9.17, 15) is 9.18 Å². The van der Waals surface area contributed by atoms with Gasteiger partial charge in [0.2, 0.25) is 5.91 Å². The highest BCUT2D eigenvalue weighted by Gasteiger charge is 2.29. The van der Waals surface area contributed by atoms with Crippen LogP contribution in [0.5, 0.6) is 0 Å². The van der Waals surface area contributed by atoms with Crippen molar-refractivity contribution in [2.75, 3.05) is 5.32 Å². The zero-order chi connectivity index (χ0) is 16.6. The lowest BCUT2D eigenvalue weighted by Crippen LogP contribution is -2.23. The van der Waals surface area contributed by atoms with Crippen LogP contribution < -0.4 is 5.32 Å². The topological polar surface area (TPSA) is 59.8 Å². The highest BCUT2D eigenvalue weighted by molar-refractivity contribution is 8.00. The highest BCUT2D eigenvalue weighted by Crippen LogP contribution is 2.39. The molecule has 0 unspecified atom stereocenters. The normalized spacial score (nSPS) is 15.5. The molecule has 0 saturated heterocycles. The van der Waals surface area contributed by atoms with E-state index in [4.69, 9.17) is 11.6 Å². The maximum Gasteiger partial charge on any atom is 0.237 e. The first kappa shape index (κ1) is 16.3. The van der Waals surface area contributed by atoms with E-state index in [-0.39, 0.29) is 16.2 Å². The van der Waals surface area contributed by atoms with Crippen molar-refractivity contribution in [1.82, 2.24) is 14.8 Å². The molecule has 122 valence electrons. The number of carbonyl (C=O) groups is 1. The van der Waals surface area contributed by atoms with Gasteiger partial charge in [-0.3, -0.25) is 4.79 Å². The molecule has 8 heteroatoms. The van der Waals surface area contributed by atoms with Gasteiger partial charge in [-0.15, -0.1) is 10.2 Å². The average Bonchev–Trinajstić information content (AvgIpc) is 3.26. The lowest BCUT2D eigenvalue weighted by molar-refractivity contribution is -0.115. The number of amides is 1. The second-order valence-corrected chi connectivity index (χ2v) is 7.22. The molecule has 1 aromatic heterocycles. The van der Waals surface area contributed by atoms with Gasteiger partial charge >= 0.3 is 0 Å². The SMILES string of the molecule is Cc1nnc(S[C@@H](C)C(=O)Nc2ccc(F)cc2Cl)n1C1CC1. The van der Waals surface area contributed by atoms with E-state index >= 15 is 0 Å². The number of nitrogens with zero attached hydrogens (tertiary/aromatic N) is 3. The van der Waals surface area contributed by atoms with Crippen LogP contribution in [0.3, 0.4) is 0 Å². The van der Waals surface area contributed by atoms with Crippen molar-refractivity contribution in [1.29, 1.82) is 0 Å². The molecule has 5 nitrogen and oxygen atoms in total. The fourth-order valence-corrected chi connectivity index (χ4v) is 3.40. The Kier molecular flexibility index (Phi) is 4.59. The van der Waals surface area contributed by atoms with Crippen LogP contribution in [0.1, 0.15) is 31.6 Å². The van der Waals surface area contributed by atoms with Gasteiger partial charge < -0.3 is 9.88 Å². The predicted octanol–water partition coefficient (Wildman–Crippen LogP) is 3.83. The number of anilines is 1. The van der Waals surface area contributed by atoms with Crippen LogP contribution in [0.25, 0.3) is 0 Å². The van der Waals surface area contributed by atoms with Gasteiger partial charge in [0, 0.05) is 6.04 Å². The summed E-state index contributed by atoms with van der Waals surface area (Å²) < 4.78 is 15.1. The zero-order valence-corrected chi connectivity index (χ0v) is 14.3. The largest absolute Gasteiger partial charge is 0.324 e. The molecule has 0 bridgehead atoms. The first-order valence-corrected chi connectivity index (χ1v) is 8.55. The molecular formula is C15H16ClFN4OS. The smallest absolute Gasteiger partial charge is 0.237 e. The number of halogens is 2. The molecule has 0 radical (unpaired) electrons. The minimum Gasteiger partial charge on any atom is -0.324 e. The summed E-state index contributed by atoms with van der Waals surface area (Å²) in [4.78, 5) is 12.3. The third-order valence-corrected chi connectivity index (χ3v) is 4.96. The maximum atomic E-state index is 13.0. The van der Waals surface area contributed by atoms with E-state index in [1.807, 2.05) is 6.92 Å². The number of aryl methyl sites for hydroxylation is 1. The van der Waals surface area contributed by atoms with Crippen molar-refractivity contribution in [3.63, 3.8) is 0 Å². The molecule has 23 heavy (non-hydrogen) atoms.